The van der Waals surface area contributed by atoms with E-state index in [9.17, 15) is 4.79 Å². The fourth-order valence-electron chi connectivity index (χ4n) is 2.30. The van der Waals surface area contributed by atoms with E-state index in [0.29, 0.717) is 12.1 Å². The number of hydrogen-bond donors (Lipinski definition) is 1. The van der Waals surface area contributed by atoms with Gasteiger partial charge in [0.15, 0.2) is 0 Å². The van der Waals surface area contributed by atoms with Crippen LogP contribution in [-0.4, -0.2) is 18.2 Å². The van der Waals surface area contributed by atoms with Crippen LogP contribution in [0, 0.1) is 6.92 Å². The Morgan fingerprint density at radius 3 is 2.33 bits per heavy atom. The van der Waals surface area contributed by atoms with Crippen molar-refractivity contribution in [2.45, 2.75) is 27.2 Å². The molecule has 0 aromatic heterocycles. The zero-order valence-corrected chi connectivity index (χ0v) is 14.5. The van der Waals surface area contributed by atoms with Gasteiger partial charge < -0.3 is 5.32 Å². The lowest BCUT2D eigenvalue weighted by atomic mass is 10.1. The predicted molar refractivity (Wildman–Crippen MR) is 101 cm³/mol. The van der Waals surface area contributed by atoms with Gasteiger partial charge in [0.25, 0.3) is 5.91 Å². The molecule has 0 saturated heterocycles. The van der Waals surface area contributed by atoms with Crippen molar-refractivity contribution in [2.24, 2.45) is 4.99 Å². The fourth-order valence-corrected chi connectivity index (χ4v) is 2.30. The molecule has 0 aliphatic heterocycles. The predicted octanol–water partition coefficient (Wildman–Crippen LogP) is 4.53. The summed E-state index contributed by atoms with van der Waals surface area (Å²) in [5, 5.41) is 2.91. The normalized spacial score (nSPS) is 12.1. The number of carbonyl (C=O) groups is 1. The van der Waals surface area contributed by atoms with E-state index < -0.39 is 0 Å². The molecule has 1 amide bonds. The first-order chi connectivity index (χ1) is 11.6. The Hall–Kier alpha value is -2.68. The Balaban J connectivity index is 1.98. The van der Waals surface area contributed by atoms with Gasteiger partial charge in [-0.2, -0.15) is 0 Å². The number of benzene rings is 2. The Labute approximate surface area is 144 Å². The van der Waals surface area contributed by atoms with Crippen molar-refractivity contribution in [3.63, 3.8) is 0 Å². The lowest BCUT2D eigenvalue weighted by Crippen LogP contribution is -2.23. The molecule has 0 heterocycles. The average Bonchev–Trinajstić information content (AvgIpc) is 2.61. The Kier molecular flexibility index (Phi) is 6.50. The molecule has 3 nitrogen and oxygen atoms in total. The second-order valence-corrected chi connectivity index (χ2v) is 5.69. The van der Waals surface area contributed by atoms with Crippen molar-refractivity contribution in [3.8, 4) is 0 Å². The molecular formula is C21H24N2O. The third-order valence-corrected chi connectivity index (χ3v) is 3.78. The van der Waals surface area contributed by atoms with Gasteiger partial charge in [-0.15, -0.1) is 0 Å². The number of hydrogen-bond acceptors (Lipinski definition) is 2. The zero-order chi connectivity index (χ0) is 17.4. The van der Waals surface area contributed by atoms with Crippen LogP contribution in [0.3, 0.4) is 0 Å². The van der Waals surface area contributed by atoms with Crippen LogP contribution in [0.5, 0.6) is 0 Å². The summed E-state index contributed by atoms with van der Waals surface area (Å²) in [6.45, 7) is 6.55. The summed E-state index contributed by atoms with van der Waals surface area (Å²) in [4.78, 5) is 16.8. The number of nitrogens with zero attached hydrogens (tertiary/aromatic N) is 1. The number of carbonyl (C=O) groups excluding carboxylic acids is 1. The second-order valence-electron chi connectivity index (χ2n) is 5.69. The largest absolute Gasteiger partial charge is 0.348 e. The van der Waals surface area contributed by atoms with E-state index in [0.717, 1.165) is 29.0 Å². The van der Waals surface area contributed by atoms with Crippen LogP contribution >= 0.6 is 0 Å². The topological polar surface area (TPSA) is 41.5 Å². The number of rotatable bonds is 6. The van der Waals surface area contributed by atoms with Crippen molar-refractivity contribution < 1.29 is 4.79 Å². The molecule has 3 heteroatoms. The lowest BCUT2D eigenvalue weighted by molar-refractivity contribution is 0.0958. The van der Waals surface area contributed by atoms with E-state index in [-0.39, 0.29) is 5.91 Å². The van der Waals surface area contributed by atoms with Crippen LogP contribution in [0.4, 0.5) is 0 Å². The minimum absolute atomic E-state index is 0.0644. The molecule has 0 saturated carbocycles. The fraction of sp³-hybridized carbons (Fsp3) is 0.238. The quantitative estimate of drug-likeness (QED) is 0.781. The first-order valence-corrected chi connectivity index (χ1v) is 8.24. The molecule has 0 bridgehead atoms. The highest BCUT2D eigenvalue weighted by molar-refractivity contribution is 5.99. The molecule has 2 aromatic rings. The average molecular weight is 320 g/mol. The smallest absolute Gasteiger partial charge is 0.251 e. The molecule has 0 atom stereocenters. The van der Waals surface area contributed by atoms with E-state index >= 15 is 0 Å². The van der Waals surface area contributed by atoms with Crippen molar-refractivity contribution in [2.75, 3.05) is 6.54 Å². The summed E-state index contributed by atoms with van der Waals surface area (Å²) in [7, 11) is 0. The van der Waals surface area contributed by atoms with E-state index in [1.54, 1.807) is 0 Å². The maximum absolute atomic E-state index is 12.1. The highest BCUT2D eigenvalue weighted by Crippen LogP contribution is 2.08. The molecule has 0 spiro atoms. The monoisotopic (exact) mass is 320 g/mol. The Bertz CT molecular complexity index is 728. The van der Waals surface area contributed by atoms with E-state index in [4.69, 9.17) is 0 Å². The third-order valence-electron chi connectivity index (χ3n) is 3.78. The van der Waals surface area contributed by atoms with E-state index in [2.05, 4.69) is 17.2 Å². The maximum Gasteiger partial charge on any atom is 0.251 e. The number of aryl methyl sites for hydroxylation is 1. The van der Waals surface area contributed by atoms with Crippen molar-refractivity contribution >= 4 is 11.6 Å². The minimum atomic E-state index is -0.0644. The number of aliphatic imine (C=N–C) groups is 1. The standard InChI is InChI=1S/C21H24N2O/c1-4-20(23-17(3)18-8-6-5-7-9-18)14-15-22-21(24)19-12-10-16(2)11-13-19/h5-14H,4,15H2,1-3H3,(H,22,24)/b20-14+,23-17?. The van der Waals surface area contributed by atoms with Gasteiger partial charge in [-0.25, -0.2) is 0 Å². The molecule has 2 aromatic carbocycles. The molecule has 0 radical (unpaired) electrons. The summed E-state index contributed by atoms with van der Waals surface area (Å²) in [6.07, 6.45) is 2.79. The first-order valence-electron chi connectivity index (χ1n) is 8.24. The zero-order valence-electron chi connectivity index (χ0n) is 14.5. The van der Waals surface area contributed by atoms with Gasteiger partial charge >= 0.3 is 0 Å². The second kappa shape index (κ2) is 8.82. The third kappa shape index (κ3) is 5.20. The molecule has 124 valence electrons. The SMILES string of the molecule is CC/C(=C\CNC(=O)c1ccc(C)cc1)N=C(C)c1ccccc1. The first kappa shape index (κ1) is 17.7. The van der Waals surface area contributed by atoms with E-state index in [1.165, 1.54) is 0 Å². The van der Waals surface area contributed by atoms with Gasteiger partial charge in [-0.3, -0.25) is 9.79 Å². The summed E-state index contributed by atoms with van der Waals surface area (Å²) in [5.41, 5.74) is 4.89. The molecule has 2 rings (SSSR count). The van der Waals surface area contributed by atoms with Gasteiger partial charge in [0.05, 0.1) is 0 Å². The van der Waals surface area contributed by atoms with Crippen LogP contribution < -0.4 is 5.32 Å². The van der Waals surface area contributed by atoms with Crippen LogP contribution in [0.1, 0.15) is 41.8 Å². The molecule has 0 aliphatic rings. The summed E-state index contributed by atoms with van der Waals surface area (Å²) in [6, 6.07) is 17.7. The lowest BCUT2D eigenvalue weighted by Gasteiger charge is -2.05. The number of nitrogens with one attached hydrogen (secondary N) is 1. The van der Waals surface area contributed by atoms with E-state index in [1.807, 2.05) is 74.5 Å². The minimum Gasteiger partial charge on any atom is -0.348 e. The van der Waals surface area contributed by atoms with Gasteiger partial charge in [-0.1, -0.05) is 55.0 Å². The molecular weight excluding hydrogens is 296 g/mol. The Morgan fingerprint density at radius 1 is 1.04 bits per heavy atom. The van der Waals surface area contributed by atoms with Crippen LogP contribution in [-0.2, 0) is 0 Å². The van der Waals surface area contributed by atoms with Crippen LogP contribution in [0.25, 0.3) is 0 Å². The summed E-state index contributed by atoms with van der Waals surface area (Å²) >= 11 is 0. The number of allylic oxidation sites excluding steroid dienone is 1. The number of amides is 1. The molecule has 0 aliphatic carbocycles. The highest BCUT2D eigenvalue weighted by atomic mass is 16.1. The van der Waals surface area contributed by atoms with Gasteiger partial charge in [-0.05, 0) is 44.0 Å². The summed E-state index contributed by atoms with van der Waals surface area (Å²) < 4.78 is 0. The molecule has 0 fully saturated rings. The molecule has 0 unspecified atom stereocenters. The van der Waals surface area contributed by atoms with Gasteiger partial charge in [0.1, 0.15) is 0 Å². The van der Waals surface area contributed by atoms with Crippen molar-refractivity contribution in [1.29, 1.82) is 0 Å². The highest BCUT2D eigenvalue weighted by Gasteiger charge is 2.03. The Morgan fingerprint density at radius 2 is 1.71 bits per heavy atom. The van der Waals surface area contributed by atoms with Crippen molar-refractivity contribution in [3.05, 3.63) is 83.1 Å². The van der Waals surface area contributed by atoms with Crippen molar-refractivity contribution in [1.82, 2.24) is 5.32 Å². The molecule has 24 heavy (non-hydrogen) atoms. The van der Waals surface area contributed by atoms with Gasteiger partial charge in [0, 0.05) is 23.5 Å². The van der Waals surface area contributed by atoms with Crippen LogP contribution in [0.15, 0.2) is 71.4 Å². The summed E-state index contributed by atoms with van der Waals surface area (Å²) in [5.74, 6) is -0.0644. The van der Waals surface area contributed by atoms with Crippen LogP contribution in [0.2, 0.25) is 0 Å². The molecule has 1 N–H and O–H groups in total. The maximum atomic E-state index is 12.1. The van der Waals surface area contributed by atoms with Gasteiger partial charge in [0.2, 0.25) is 0 Å².